The summed E-state index contributed by atoms with van der Waals surface area (Å²) in [6, 6.07) is 0. The van der Waals surface area contributed by atoms with Crippen LogP contribution >= 0.6 is 7.37 Å². The normalized spacial score (nSPS) is 14.8. The SMILES string of the molecule is CCOP(=O)(CCCCC=C(C)CCC=C(C)CCC=C(C)C)C(=O)O. The van der Waals surface area contributed by atoms with Gasteiger partial charge in [-0.1, -0.05) is 34.9 Å². The van der Waals surface area contributed by atoms with Crippen LogP contribution in [0.1, 0.15) is 79.6 Å². The van der Waals surface area contributed by atoms with Gasteiger partial charge < -0.3 is 9.63 Å². The van der Waals surface area contributed by atoms with Gasteiger partial charge in [0.25, 0.3) is 0 Å². The van der Waals surface area contributed by atoms with Crippen molar-refractivity contribution >= 4 is 13.1 Å². The summed E-state index contributed by atoms with van der Waals surface area (Å²) >= 11 is 0. The average Bonchev–Trinajstić information content (AvgIpc) is 2.54. The van der Waals surface area contributed by atoms with E-state index in [0.717, 1.165) is 38.5 Å². The van der Waals surface area contributed by atoms with Crippen LogP contribution in [0.15, 0.2) is 34.9 Å². The van der Waals surface area contributed by atoms with E-state index in [1.807, 2.05) is 0 Å². The fourth-order valence-electron chi connectivity index (χ4n) is 2.58. The highest BCUT2D eigenvalue weighted by atomic mass is 31.2. The van der Waals surface area contributed by atoms with E-state index in [2.05, 4.69) is 45.9 Å². The molecule has 0 aliphatic heterocycles. The molecule has 0 aromatic heterocycles. The molecular weight excluding hydrogens is 347 g/mol. The first kappa shape index (κ1) is 24.9. The summed E-state index contributed by atoms with van der Waals surface area (Å²) in [6.07, 6.45) is 13.6. The van der Waals surface area contributed by atoms with Gasteiger partial charge in [0, 0.05) is 6.16 Å². The smallest absolute Gasteiger partial charge is 0.389 e. The third kappa shape index (κ3) is 12.3. The lowest BCUT2D eigenvalue weighted by Crippen LogP contribution is -2.04. The third-order valence-corrected chi connectivity index (χ3v) is 6.31. The Hall–Kier alpha value is -1.12. The third-order valence-electron chi connectivity index (χ3n) is 4.15. The zero-order valence-corrected chi connectivity index (χ0v) is 18.1. The van der Waals surface area contributed by atoms with E-state index in [1.54, 1.807) is 6.92 Å². The lowest BCUT2D eigenvalue weighted by atomic mass is 10.1. The van der Waals surface area contributed by atoms with Crippen LogP contribution in [-0.2, 0) is 9.09 Å². The Morgan fingerprint density at radius 1 is 0.923 bits per heavy atom. The summed E-state index contributed by atoms with van der Waals surface area (Å²) < 4.78 is 17.0. The molecule has 4 nitrogen and oxygen atoms in total. The van der Waals surface area contributed by atoms with Crippen molar-refractivity contribution in [1.82, 2.24) is 0 Å². The first-order valence-electron chi connectivity index (χ1n) is 9.63. The summed E-state index contributed by atoms with van der Waals surface area (Å²) in [6.45, 7) is 10.4. The zero-order chi connectivity index (χ0) is 20.0. The number of carbonyl (C=O) groups is 1. The van der Waals surface area contributed by atoms with Gasteiger partial charge in [-0.25, -0.2) is 4.79 Å². The Balaban J connectivity index is 4.06. The Kier molecular flexibility index (Phi) is 13.4. The van der Waals surface area contributed by atoms with Crippen LogP contribution in [0.25, 0.3) is 0 Å². The van der Waals surface area contributed by atoms with E-state index < -0.39 is 13.1 Å². The van der Waals surface area contributed by atoms with Crippen LogP contribution in [-0.4, -0.2) is 23.6 Å². The van der Waals surface area contributed by atoms with Gasteiger partial charge >= 0.3 is 13.1 Å². The van der Waals surface area contributed by atoms with Crippen molar-refractivity contribution in [3.63, 3.8) is 0 Å². The number of hydrogen-bond donors (Lipinski definition) is 1. The Labute approximate surface area is 159 Å². The van der Waals surface area contributed by atoms with Gasteiger partial charge in [-0.15, -0.1) is 0 Å². The summed E-state index contributed by atoms with van der Waals surface area (Å²) in [7, 11) is -3.52. The molecule has 0 fully saturated rings. The molecule has 0 aromatic carbocycles. The minimum Gasteiger partial charge on any atom is -0.474 e. The molecule has 26 heavy (non-hydrogen) atoms. The highest BCUT2D eigenvalue weighted by molar-refractivity contribution is 7.75. The molecule has 0 saturated carbocycles. The predicted octanol–water partition coefficient (Wildman–Crippen LogP) is 7.57. The lowest BCUT2D eigenvalue weighted by Gasteiger charge is -2.12. The summed E-state index contributed by atoms with van der Waals surface area (Å²) in [5.74, 6) is 0. The number of hydrogen-bond acceptors (Lipinski definition) is 3. The maximum Gasteiger partial charge on any atom is 0.389 e. The molecule has 0 aliphatic rings. The number of unbranched alkanes of at least 4 members (excludes halogenated alkanes) is 2. The van der Waals surface area contributed by atoms with Crippen molar-refractivity contribution in [2.45, 2.75) is 79.6 Å². The van der Waals surface area contributed by atoms with E-state index in [9.17, 15) is 9.36 Å². The van der Waals surface area contributed by atoms with Crippen molar-refractivity contribution in [3.8, 4) is 0 Å². The van der Waals surface area contributed by atoms with E-state index >= 15 is 0 Å². The van der Waals surface area contributed by atoms with Crippen molar-refractivity contribution < 1.29 is 19.0 Å². The van der Waals surface area contributed by atoms with E-state index in [1.165, 1.54) is 16.7 Å². The minimum atomic E-state index is -3.52. The number of allylic oxidation sites excluding steroid dienone is 6. The lowest BCUT2D eigenvalue weighted by molar-refractivity contribution is 0.210. The Morgan fingerprint density at radius 3 is 1.96 bits per heavy atom. The van der Waals surface area contributed by atoms with Gasteiger partial charge in [0.2, 0.25) is 0 Å². The molecular formula is C21H37O4P. The standard InChI is InChI=1S/C21H37O4P/c1-6-25-26(24,21(22)23)17-9-7-8-13-19(4)15-11-16-20(5)14-10-12-18(2)3/h12-13,16H,6-11,14-15,17H2,1-5H3,(H,22,23). The van der Waals surface area contributed by atoms with Crippen molar-refractivity contribution in [2.24, 2.45) is 0 Å². The molecule has 0 amide bonds. The second-order valence-electron chi connectivity index (χ2n) is 7.05. The molecule has 0 bridgehead atoms. The molecule has 1 atom stereocenters. The highest BCUT2D eigenvalue weighted by Crippen LogP contribution is 2.48. The van der Waals surface area contributed by atoms with Crippen molar-refractivity contribution in [3.05, 3.63) is 34.9 Å². The zero-order valence-electron chi connectivity index (χ0n) is 17.2. The summed E-state index contributed by atoms with van der Waals surface area (Å²) in [5, 5.41) is 9.02. The Morgan fingerprint density at radius 2 is 1.46 bits per heavy atom. The number of carboxylic acid groups (broad SMARTS) is 1. The quantitative estimate of drug-likeness (QED) is 0.190. The van der Waals surface area contributed by atoms with Gasteiger partial charge in [0.15, 0.2) is 0 Å². The predicted molar refractivity (Wildman–Crippen MR) is 111 cm³/mol. The monoisotopic (exact) mass is 384 g/mol. The second-order valence-corrected chi connectivity index (χ2v) is 9.49. The summed E-state index contributed by atoms with van der Waals surface area (Å²) in [4.78, 5) is 11.0. The van der Waals surface area contributed by atoms with Crippen LogP contribution in [0, 0.1) is 0 Å². The van der Waals surface area contributed by atoms with Crippen molar-refractivity contribution in [2.75, 3.05) is 12.8 Å². The van der Waals surface area contributed by atoms with Gasteiger partial charge in [-0.3, -0.25) is 4.57 Å². The van der Waals surface area contributed by atoms with Crippen molar-refractivity contribution in [1.29, 1.82) is 0 Å². The first-order valence-corrected chi connectivity index (χ1v) is 11.4. The molecule has 0 aromatic rings. The molecule has 0 rings (SSSR count). The van der Waals surface area contributed by atoms with Crippen LogP contribution in [0.2, 0.25) is 0 Å². The van der Waals surface area contributed by atoms with Gasteiger partial charge in [0.05, 0.1) is 6.61 Å². The molecule has 0 radical (unpaired) electrons. The van der Waals surface area contributed by atoms with Crippen LogP contribution in [0.3, 0.4) is 0 Å². The molecule has 0 heterocycles. The molecule has 0 aliphatic carbocycles. The van der Waals surface area contributed by atoms with Crippen LogP contribution in [0.4, 0.5) is 4.79 Å². The highest BCUT2D eigenvalue weighted by Gasteiger charge is 2.31. The van der Waals surface area contributed by atoms with Crippen LogP contribution < -0.4 is 0 Å². The van der Waals surface area contributed by atoms with E-state index in [-0.39, 0.29) is 12.8 Å². The van der Waals surface area contributed by atoms with E-state index in [4.69, 9.17) is 9.63 Å². The molecule has 1 unspecified atom stereocenters. The second kappa shape index (κ2) is 14.0. The molecule has 0 spiro atoms. The summed E-state index contributed by atoms with van der Waals surface area (Å²) in [5.41, 5.74) is 2.86. The largest absolute Gasteiger partial charge is 0.474 e. The van der Waals surface area contributed by atoms with Gasteiger partial charge in [-0.05, 0) is 79.6 Å². The molecule has 5 heteroatoms. The fourth-order valence-corrected chi connectivity index (χ4v) is 4.06. The molecule has 1 N–H and O–H groups in total. The van der Waals surface area contributed by atoms with Crippen LogP contribution in [0.5, 0.6) is 0 Å². The first-order chi connectivity index (χ1) is 12.2. The molecule has 150 valence electrons. The van der Waals surface area contributed by atoms with Gasteiger partial charge in [-0.2, -0.15) is 0 Å². The van der Waals surface area contributed by atoms with E-state index in [0.29, 0.717) is 6.42 Å². The topological polar surface area (TPSA) is 63.6 Å². The number of rotatable bonds is 14. The maximum atomic E-state index is 12.1. The minimum absolute atomic E-state index is 0.122. The Bertz CT molecular complexity index is 554. The van der Waals surface area contributed by atoms with Gasteiger partial charge in [0.1, 0.15) is 0 Å². The maximum absolute atomic E-state index is 12.1. The fraction of sp³-hybridized carbons (Fsp3) is 0.667. The average molecular weight is 384 g/mol. The molecule has 0 saturated heterocycles.